The van der Waals surface area contributed by atoms with Crippen molar-refractivity contribution in [1.29, 1.82) is 0 Å². The zero-order valence-corrected chi connectivity index (χ0v) is 16.2. The molecule has 2 heterocycles. The number of aromatic nitrogens is 1. The van der Waals surface area contributed by atoms with Gasteiger partial charge in [0.25, 0.3) is 11.1 Å². The maximum Gasteiger partial charge on any atom is 0.290 e. The molecule has 142 valence electrons. The lowest BCUT2D eigenvalue weighted by Crippen LogP contribution is -2.17. The van der Waals surface area contributed by atoms with E-state index in [-0.39, 0.29) is 11.1 Å². The van der Waals surface area contributed by atoms with E-state index in [0.29, 0.717) is 22.9 Å². The Balaban J connectivity index is 1.68. The van der Waals surface area contributed by atoms with Crippen molar-refractivity contribution in [2.75, 3.05) is 14.2 Å². The van der Waals surface area contributed by atoms with Gasteiger partial charge in [-0.2, -0.15) is 0 Å². The predicted octanol–water partition coefficient (Wildman–Crippen LogP) is 4.03. The van der Waals surface area contributed by atoms with Crippen molar-refractivity contribution < 1.29 is 19.1 Å². The molecule has 0 spiro atoms. The Morgan fingerprint density at radius 3 is 2.61 bits per heavy atom. The lowest BCUT2D eigenvalue weighted by molar-refractivity contribution is -0.115. The van der Waals surface area contributed by atoms with E-state index in [4.69, 9.17) is 9.47 Å². The normalized spacial score (nSPS) is 15.3. The number of amides is 2. The predicted molar refractivity (Wildman–Crippen MR) is 110 cm³/mol. The Morgan fingerprint density at radius 2 is 1.89 bits per heavy atom. The topological polar surface area (TPSA) is 69.6 Å². The number of nitrogens with one attached hydrogen (secondary N) is 1. The number of rotatable bonds is 5. The number of thioether (sulfide) groups is 1. The van der Waals surface area contributed by atoms with Gasteiger partial charge in [0, 0.05) is 23.6 Å². The Bertz CT molecular complexity index is 1120. The van der Waals surface area contributed by atoms with Crippen molar-refractivity contribution in [3.05, 3.63) is 64.7 Å². The molecule has 0 atom stereocenters. The van der Waals surface area contributed by atoms with Gasteiger partial charge in [0.05, 0.1) is 19.1 Å². The number of ether oxygens (including phenoxy) is 2. The average Bonchev–Trinajstić information content (AvgIpc) is 3.25. The second kappa shape index (κ2) is 7.44. The molecule has 2 amide bonds. The summed E-state index contributed by atoms with van der Waals surface area (Å²) in [6.45, 7) is 0.664. The summed E-state index contributed by atoms with van der Waals surface area (Å²) in [6, 6.07) is 13.8. The quantitative estimate of drug-likeness (QED) is 0.662. The molecule has 1 N–H and O–H groups in total. The fraction of sp³-hybridized carbons (Fsp3) is 0.143. The molecule has 0 radical (unpaired) electrons. The number of fused-ring (bicyclic) bond motifs is 1. The molecule has 2 aromatic carbocycles. The summed E-state index contributed by atoms with van der Waals surface area (Å²) in [6.07, 6.45) is 3.77. The average molecular weight is 394 g/mol. The summed E-state index contributed by atoms with van der Waals surface area (Å²) in [4.78, 5) is 23.6. The van der Waals surface area contributed by atoms with Crippen LogP contribution in [0.3, 0.4) is 0 Å². The first-order valence-corrected chi connectivity index (χ1v) is 9.44. The molecule has 7 heteroatoms. The molecule has 0 aliphatic carbocycles. The van der Waals surface area contributed by atoms with Crippen LogP contribution in [0.15, 0.2) is 53.6 Å². The summed E-state index contributed by atoms with van der Waals surface area (Å²) >= 11 is 0.923. The van der Waals surface area contributed by atoms with Crippen LogP contribution in [-0.4, -0.2) is 29.9 Å². The summed E-state index contributed by atoms with van der Waals surface area (Å²) in [5.41, 5.74) is 3.02. The third kappa shape index (κ3) is 3.36. The number of methoxy groups -OCH3 is 2. The molecule has 0 saturated carbocycles. The largest absolute Gasteiger partial charge is 0.493 e. The van der Waals surface area contributed by atoms with E-state index in [2.05, 4.69) is 9.88 Å². The molecule has 1 aliphatic heterocycles. The van der Waals surface area contributed by atoms with Gasteiger partial charge in [-0.3, -0.25) is 14.9 Å². The maximum absolute atomic E-state index is 11.8. The molecule has 0 unspecified atom stereocenters. The van der Waals surface area contributed by atoms with Crippen LogP contribution < -0.4 is 14.8 Å². The number of benzene rings is 2. The van der Waals surface area contributed by atoms with E-state index < -0.39 is 0 Å². The molecule has 3 aromatic rings. The zero-order chi connectivity index (χ0) is 19.7. The van der Waals surface area contributed by atoms with E-state index in [1.54, 1.807) is 20.3 Å². The van der Waals surface area contributed by atoms with Crippen LogP contribution in [0.5, 0.6) is 11.5 Å². The van der Waals surface area contributed by atoms with E-state index in [0.717, 1.165) is 33.8 Å². The molecule has 1 fully saturated rings. The zero-order valence-electron chi connectivity index (χ0n) is 15.4. The van der Waals surface area contributed by atoms with Crippen LogP contribution in [0, 0.1) is 0 Å². The van der Waals surface area contributed by atoms with Crippen molar-refractivity contribution >= 4 is 39.9 Å². The summed E-state index contributed by atoms with van der Waals surface area (Å²) < 4.78 is 12.8. The molecule has 1 aliphatic rings. The number of imide groups is 1. The highest BCUT2D eigenvalue weighted by Crippen LogP contribution is 2.31. The van der Waals surface area contributed by atoms with Gasteiger partial charge in [-0.05, 0) is 53.2 Å². The van der Waals surface area contributed by atoms with Gasteiger partial charge in [-0.1, -0.05) is 18.2 Å². The van der Waals surface area contributed by atoms with Crippen molar-refractivity contribution in [1.82, 2.24) is 9.88 Å². The van der Waals surface area contributed by atoms with E-state index in [1.165, 1.54) is 0 Å². The lowest BCUT2D eigenvalue weighted by Gasteiger charge is -2.11. The highest BCUT2D eigenvalue weighted by Gasteiger charge is 2.25. The van der Waals surface area contributed by atoms with E-state index in [9.17, 15) is 9.59 Å². The Hall–Kier alpha value is -3.19. The summed E-state index contributed by atoms with van der Waals surface area (Å²) in [5.74, 6) is 1.03. The van der Waals surface area contributed by atoms with Crippen LogP contribution in [0.2, 0.25) is 0 Å². The fourth-order valence-corrected chi connectivity index (χ4v) is 3.92. The second-order valence-corrected chi connectivity index (χ2v) is 7.28. The van der Waals surface area contributed by atoms with Crippen LogP contribution >= 0.6 is 11.8 Å². The lowest BCUT2D eigenvalue weighted by atomic mass is 10.1. The van der Waals surface area contributed by atoms with Crippen molar-refractivity contribution in [3.63, 3.8) is 0 Å². The molecule has 1 aromatic heterocycles. The molecule has 0 bridgehead atoms. The molecule has 28 heavy (non-hydrogen) atoms. The molecule has 6 nitrogen and oxygen atoms in total. The van der Waals surface area contributed by atoms with Gasteiger partial charge in [-0.15, -0.1) is 0 Å². The van der Waals surface area contributed by atoms with Gasteiger partial charge in [-0.25, -0.2) is 0 Å². The van der Waals surface area contributed by atoms with Gasteiger partial charge >= 0.3 is 0 Å². The number of hydrogen-bond acceptors (Lipinski definition) is 5. The molecular weight excluding hydrogens is 376 g/mol. The number of hydrogen-bond donors (Lipinski definition) is 1. The molecular formula is C21H18N2O4S. The van der Waals surface area contributed by atoms with Crippen LogP contribution in [0.25, 0.3) is 17.0 Å². The summed E-state index contributed by atoms with van der Waals surface area (Å²) in [7, 11) is 3.23. The first-order chi connectivity index (χ1) is 13.6. The minimum Gasteiger partial charge on any atom is -0.493 e. The van der Waals surface area contributed by atoms with Gasteiger partial charge in [0.2, 0.25) is 0 Å². The molecule has 4 rings (SSSR count). The van der Waals surface area contributed by atoms with Crippen LogP contribution in [0.1, 0.15) is 11.1 Å². The van der Waals surface area contributed by atoms with Crippen molar-refractivity contribution in [2.24, 2.45) is 0 Å². The minimum absolute atomic E-state index is 0.338. The van der Waals surface area contributed by atoms with Gasteiger partial charge in [0.1, 0.15) is 0 Å². The van der Waals surface area contributed by atoms with Gasteiger partial charge in [0.15, 0.2) is 11.5 Å². The van der Waals surface area contributed by atoms with Crippen molar-refractivity contribution in [2.45, 2.75) is 6.54 Å². The second-order valence-electron chi connectivity index (χ2n) is 6.27. The SMILES string of the molecule is COc1ccc(Cn2ccc3c(C=C4SC(=O)NC4=O)cccc32)cc1OC. The smallest absolute Gasteiger partial charge is 0.290 e. The monoisotopic (exact) mass is 394 g/mol. The first kappa shape index (κ1) is 18.2. The summed E-state index contributed by atoms with van der Waals surface area (Å²) in [5, 5.41) is 2.96. The highest BCUT2D eigenvalue weighted by molar-refractivity contribution is 8.18. The number of carbonyl (C=O) groups is 2. The first-order valence-electron chi connectivity index (χ1n) is 8.62. The fourth-order valence-electron chi connectivity index (χ4n) is 3.25. The Labute approximate surface area is 166 Å². The van der Waals surface area contributed by atoms with E-state index >= 15 is 0 Å². The number of carbonyl (C=O) groups excluding carboxylic acids is 2. The third-order valence-corrected chi connectivity index (χ3v) is 5.39. The standard InChI is InChI=1S/C21H18N2O4S/c1-26-17-7-6-13(10-18(17)27-2)12-23-9-8-15-14(4-3-5-16(15)23)11-19-20(24)22-21(25)28-19/h3-11H,12H2,1-2H3,(H,22,24,25). The van der Waals surface area contributed by atoms with E-state index in [1.807, 2.05) is 48.7 Å². The minimum atomic E-state index is -0.350. The molecule has 1 saturated heterocycles. The Kier molecular flexibility index (Phi) is 4.83. The van der Waals surface area contributed by atoms with Gasteiger partial charge < -0.3 is 14.0 Å². The Morgan fingerprint density at radius 1 is 1.07 bits per heavy atom. The van der Waals surface area contributed by atoms with Crippen LogP contribution in [-0.2, 0) is 11.3 Å². The third-order valence-electron chi connectivity index (χ3n) is 4.58. The van der Waals surface area contributed by atoms with Crippen molar-refractivity contribution in [3.8, 4) is 11.5 Å². The van der Waals surface area contributed by atoms with Crippen LogP contribution in [0.4, 0.5) is 4.79 Å². The highest BCUT2D eigenvalue weighted by atomic mass is 32.2. The number of nitrogens with zero attached hydrogens (tertiary/aromatic N) is 1. The maximum atomic E-state index is 11.8.